The van der Waals surface area contributed by atoms with Gasteiger partial charge >= 0.3 is 12.1 Å². The van der Waals surface area contributed by atoms with Crippen LogP contribution in [0.2, 0.25) is 0 Å². The number of carbonyl (C=O) groups excluding carboxylic acids is 3. The fourth-order valence-electron chi connectivity index (χ4n) is 5.30. The SMILES string of the molecule is CC(C)C[C@H](NC(=O)[C@@H]1CCCN1C(=O)C1(c2ccccc2)CCN(C(=O)OC(C)(C)C)CC1)C(=O)O. The van der Waals surface area contributed by atoms with Crippen molar-refractivity contribution in [3.63, 3.8) is 0 Å². The Balaban J connectivity index is 1.82. The Hall–Kier alpha value is -3.10. The van der Waals surface area contributed by atoms with Gasteiger partial charge in [0.15, 0.2) is 0 Å². The quantitative estimate of drug-likeness (QED) is 0.574. The first kappa shape index (κ1) is 28.5. The summed E-state index contributed by atoms with van der Waals surface area (Å²) in [6.07, 6.45) is 1.89. The van der Waals surface area contributed by atoms with E-state index in [-0.39, 0.29) is 11.8 Å². The summed E-state index contributed by atoms with van der Waals surface area (Å²) in [5.41, 5.74) is -0.634. The third-order valence-corrected chi connectivity index (χ3v) is 7.14. The van der Waals surface area contributed by atoms with Crippen LogP contribution < -0.4 is 5.32 Å². The molecular weight excluding hydrogens is 474 g/mol. The number of likely N-dealkylation sites (tertiary alicyclic amines) is 2. The van der Waals surface area contributed by atoms with Crippen LogP contribution in [0.3, 0.4) is 0 Å². The molecule has 2 atom stereocenters. The minimum Gasteiger partial charge on any atom is -0.480 e. The minimum atomic E-state index is -1.08. The van der Waals surface area contributed by atoms with Gasteiger partial charge in [-0.2, -0.15) is 0 Å². The van der Waals surface area contributed by atoms with Crippen molar-refractivity contribution >= 4 is 23.9 Å². The Bertz CT molecular complexity index is 979. The number of nitrogens with one attached hydrogen (secondary N) is 1. The van der Waals surface area contributed by atoms with Crippen LogP contribution >= 0.6 is 0 Å². The van der Waals surface area contributed by atoms with E-state index in [9.17, 15) is 24.3 Å². The largest absolute Gasteiger partial charge is 0.480 e. The lowest BCUT2D eigenvalue weighted by Crippen LogP contribution is -2.58. The first-order valence-electron chi connectivity index (χ1n) is 13.2. The highest BCUT2D eigenvalue weighted by Gasteiger charge is 2.49. The van der Waals surface area contributed by atoms with E-state index in [0.717, 1.165) is 5.56 Å². The van der Waals surface area contributed by atoms with E-state index in [1.165, 1.54) is 0 Å². The van der Waals surface area contributed by atoms with Crippen LogP contribution in [0.15, 0.2) is 30.3 Å². The number of hydrogen-bond donors (Lipinski definition) is 2. The number of piperidine rings is 1. The number of rotatable bonds is 7. The molecule has 2 N–H and O–H groups in total. The van der Waals surface area contributed by atoms with Crippen LogP contribution in [-0.4, -0.2) is 76.1 Å². The fraction of sp³-hybridized carbons (Fsp3) is 0.643. The molecule has 0 aliphatic carbocycles. The number of ether oxygens (including phenoxy) is 1. The minimum absolute atomic E-state index is 0.0965. The molecule has 0 saturated carbocycles. The Morgan fingerprint density at radius 3 is 2.24 bits per heavy atom. The molecule has 1 aromatic rings. The highest BCUT2D eigenvalue weighted by atomic mass is 16.6. The Kier molecular flexibility index (Phi) is 8.87. The summed E-state index contributed by atoms with van der Waals surface area (Å²) in [5, 5.41) is 12.3. The third kappa shape index (κ3) is 6.81. The molecular formula is C28H41N3O6. The Labute approximate surface area is 219 Å². The van der Waals surface area contributed by atoms with Gasteiger partial charge < -0.3 is 25.0 Å². The zero-order valence-electron chi connectivity index (χ0n) is 22.7. The number of carboxylic acids is 1. The maximum Gasteiger partial charge on any atom is 0.410 e. The van der Waals surface area contributed by atoms with Crippen molar-refractivity contribution in [2.24, 2.45) is 5.92 Å². The normalized spacial score (nSPS) is 20.4. The summed E-state index contributed by atoms with van der Waals surface area (Å²) in [6, 6.07) is 7.82. The van der Waals surface area contributed by atoms with Gasteiger partial charge in [-0.05, 0) is 64.4 Å². The first-order valence-corrected chi connectivity index (χ1v) is 13.2. The Morgan fingerprint density at radius 2 is 1.70 bits per heavy atom. The number of carboxylic acid groups (broad SMARTS) is 1. The predicted octanol–water partition coefficient (Wildman–Crippen LogP) is 3.56. The van der Waals surface area contributed by atoms with Gasteiger partial charge in [0.25, 0.3) is 0 Å². The van der Waals surface area contributed by atoms with Crippen LogP contribution in [-0.2, 0) is 24.5 Å². The molecule has 2 fully saturated rings. The second-order valence-electron chi connectivity index (χ2n) is 11.6. The van der Waals surface area contributed by atoms with Crippen molar-refractivity contribution < 1.29 is 29.0 Å². The number of amides is 3. The molecule has 0 unspecified atom stereocenters. The molecule has 3 amide bonds. The maximum atomic E-state index is 14.2. The van der Waals surface area contributed by atoms with Crippen molar-refractivity contribution in [2.45, 2.75) is 89.8 Å². The lowest BCUT2D eigenvalue weighted by atomic mass is 9.71. The van der Waals surface area contributed by atoms with Gasteiger partial charge in [-0.25, -0.2) is 9.59 Å². The molecule has 0 radical (unpaired) electrons. The smallest absolute Gasteiger partial charge is 0.410 e. The van der Waals surface area contributed by atoms with Gasteiger partial charge in [0, 0.05) is 19.6 Å². The molecule has 0 bridgehead atoms. The Morgan fingerprint density at radius 1 is 1.08 bits per heavy atom. The number of carbonyl (C=O) groups is 4. The summed E-state index contributed by atoms with van der Waals surface area (Å²) < 4.78 is 5.53. The lowest BCUT2D eigenvalue weighted by Gasteiger charge is -2.44. The zero-order chi connectivity index (χ0) is 27.4. The molecule has 1 aromatic carbocycles. The molecule has 2 saturated heterocycles. The van der Waals surface area contributed by atoms with Crippen molar-refractivity contribution in [2.75, 3.05) is 19.6 Å². The maximum absolute atomic E-state index is 14.2. The average molecular weight is 516 g/mol. The van der Waals surface area contributed by atoms with Crippen LogP contribution in [0.5, 0.6) is 0 Å². The van der Waals surface area contributed by atoms with Gasteiger partial charge in [0.05, 0.1) is 5.41 Å². The van der Waals surface area contributed by atoms with Crippen molar-refractivity contribution in [3.05, 3.63) is 35.9 Å². The van der Waals surface area contributed by atoms with Crippen molar-refractivity contribution in [3.8, 4) is 0 Å². The molecule has 3 rings (SSSR count). The summed E-state index contributed by atoms with van der Waals surface area (Å²) in [4.78, 5) is 55.1. The second-order valence-corrected chi connectivity index (χ2v) is 11.6. The van der Waals surface area contributed by atoms with Gasteiger partial charge in [-0.3, -0.25) is 9.59 Å². The van der Waals surface area contributed by atoms with Gasteiger partial charge in [0.1, 0.15) is 17.7 Å². The van der Waals surface area contributed by atoms with Gasteiger partial charge in [-0.1, -0.05) is 44.2 Å². The van der Waals surface area contributed by atoms with E-state index in [1.54, 1.807) is 9.80 Å². The number of benzene rings is 1. The fourth-order valence-corrected chi connectivity index (χ4v) is 5.30. The predicted molar refractivity (Wildman–Crippen MR) is 139 cm³/mol. The molecule has 2 aliphatic rings. The summed E-state index contributed by atoms with van der Waals surface area (Å²) >= 11 is 0. The van der Waals surface area contributed by atoms with Crippen LogP contribution in [0.25, 0.3) is 0 Å². The van der Waals surface area contributed by atoms with Gasteiger partial charge in [-0.15, -0.1) is 0 Å². The standard InChI is InChI=1S/C28H41N3O6/c1-19(2)18-21(24(33)34)29-23(32)22-12-9-15-31(22)25(35)28(20-10-7-6-8-11-20)13-16-30(17-14-28)26(36)37-27(3,4)5/h6-8,10-11,19,21-22H,9,12-18H2,1-5H3,(H,29,32)(H,33,34)/t21-,22-/m0/s1. The van der Waals surface area contributed by atoms with E-state index in [0.29, 0.717) is 51.7 Å². The van der Waals surface area contributed by atoms with E-state index in [2.05, 4.69) is 5.32 Å². The molecule has 2 aliphatic heterocycles. The molecule has 204 valence electrons. The first-order chi connectivity index (χ1) is 17.3. The second kappa shape index (κ2) is 11.5. The van der Waals surface area contributed by atoms with Crippen molar-refractivity contribution in [1.82, 2.24) is 15.1 Å². The van der Waals surface area contributed by atoms with Crippen molar-refractivity contribution in [1.29, 1.82) is 0 Å². The van der Waals surface area contributed by atoms with E-state index >= 15 is 0 Å². The molecule has 9 nitrogen and oxygen atoms in total. The van der Waals surface area contributed by atoms with E-state index in [4.69, 9.17) is 4.74 Å². The molecule has 37 heavy (non-hydrogen) atoms. The molecule has 0 spiro atoms. The highest BCUT2D eigenvalue weighted by Crippen LogP contribution is 2.39. The number of nitrogens with zero attached hydrogens (tertiary/aromatic N) is 2. The van der Waals surface area contributed by atoms with Gasteiger partial charge in [0.2, 0.25) is 11.8 Å². The molecule has 9 heteroatoms. The molecule has 2 heterocycles. The highest BCUT2D eigenvalue weighted by molar-refractivity contribution is 5.95. The van der Waals surface area contributed by atoms with Crippen LogP contribution in [0.1, 0.15) is 72.3 Å². The zero-order valence-corrected chi connectivity index (χ0v) is 22.7. The van der Waals surface area contributed by atoms with Crippen LogP contribution in [0.4, 0.5) is 4.79 Å². The average Bonchev–Trinajstić information content (AvgIpc) is 3.32. The summed E-state index contributed by atoms with van der Waals surface area (Å²) in [5.74, 6) is -1.54. The van der Waals surface area contributed by atoms with E-state index < -0.39 is 41.1 Å². The monoisotopic (exact) mass is 515 g/mol. The lowest BCUT2D eigenvalue weighted by molar-refractivity contribution is -0.146. The number of hydrogen-bond acceptors (Lipinski definition) is 5. The van der Waals surface area contributed by atoms with E-state index in [1.807, 2.05) is 65.0 Å². The molecule has 0 aromatic heterocycles. The third-order valence-electron chi connectivity index (χ3n) is 7.14. The van der Waals surface area contributed by atoms with Crippen LogP contribution in [0, 0.1) is 5.92 Å². The number of aliphatic carboxylic acids is 1. The summed E-state index contributed by atoms with van der Waals surface area (Å²) in [6.45, 7) is 10.4. The summed E-state index contributed by atoms with van der Waals surface area (Å²) in [7, 11) is 0. The topological polar surface area (TPSA) is 116 Å².